The molecule has 6 nitrogen and oxygen atoms in total. The van der Waals surface area contributed by atoms with Gasteiger partial charge in [-0.3, -0.25) is 0 Å². The first-order valence-corrected chi connectivity index (χ1v) is 6.29. The third-order valence-electron chi connectivity index (χ3n) is 2.79. The van der Waals surface area contributed by atoms with Crippen LogP contribution in [0.4, 0.5) is 19.3 Å². The molecule has 0 unspecified atom stereocenters. The third kappa shape index (κ3) is 4.38. The maximum atomic E-state index is 13.2. The molecule has 21 heavy (non-hydrogen) atoms. The number of hydrogen-bond donors (Lipinski definition) is 3. The van der Waals surface area contributed by atoms with E-state index in [4.69, 9.17) is 10.2 Å². The summed E-state index contributed by atoms with van der Waals surface area (Å²) in [4.78, 5) is 24.2. The van der Waals surface area contributed by atoms with Crippen molar-refractivity contribution in [3.05, 3.63) is 29.3 Å². The number of carboxylic acids is 1. The molecule has 0 radical (unpaired) electrons. The van der Waals surface area contributed by atoms with Crippen molar-refractivity contribution in [1.82, 2.24) is 4.90 Å². The highest BCUT2D eigenvalue weighted by Gasteiger charge is 2.19. The standard InChI is InChI=1S/C13H16F2N2O4/c1-2-17(4-3-5-18)13(21)16-11-7-10(15)9(14)6-8(11)12(19)20/h6-7,18H,2-5H2,1H3,(H,16,21)(H,19,20). The number of carbonyl (C=O) groups excluding carboxylic acids is 1. The number of carbonyl (C=O) groups is 2. The monoisotopic (exact) mass is 302 g/mol. The predicted octanol–water partition coefficient (Wildman–Crippen LogP) is 1.90. The third-order valence-corrected chi connectivity index (χ3v) is 2.79. The largest absolute Gasteiger partial charge is 0.478 e. The Morgan fingerprint density at radius 1 is 1.29 bits per heavy atom. The van der Waals surface area contributed by atoms with Crippen molar-refractivity contribution in [2.75, 3.05) is 25.0 Å². The van der Waals surface area contributed by atoms with Crippen LogP contribution in [0.3, 0.4) is 0 Å². The number of aliphatic hydroxyl groups excluding tert-OH is 1. The van der Waals surface area contributed by atoms with Gasteiger partial charge in [0.2, 0.25) is 0 Å². The normalized spacial score (nSPS) is 10.3. The van der Waals surface area contributed by atoms with Gasteiger partial charge in [-0.25, -0.2) is 18.4 Å². The van der Waals surface area contributed by atoms with Gasteiger partial charge in [-0.05, 0) is 19.4 Å². The number of urea groups is 1. The van der Waals surface area contributed by atoms with Crippen LogP contribution in [0.5, 0.6) is 0 Å². The summed E-state index contributed by atoms with van der Waals surface area (Å²) in [6, 6.07) is 0.480. The Labute approximate surface area is 120 Å². The molecule has 0 aliphatic heterocycles. The summed E-state index contributed by atoms with van der Waals surface area (Å²) in [7, 11) is 0. The zero-order valence-electron chi connectivity index (χ0n) is 11.4. The highest BCUT2D eigenvalue weighted by molar-refractivity contribution is 6.00. The molecule has 1 rings (SSSR count). The fourth-order valence-electron chi connectivity index (χ4n) is 1.69. The number of aromatic carboxylic acids is 1. The molecule has 0 aliphatic carbocycles. The Morgan fingerprint density at radius 2 is 1.90 bits per heavy atom. The van der Waals surface area contributed by atoms with Crippen LogP contribution in [0, 0.1) is 11.6 Å². The van der Waals surface area contributed by atoms with E-state index in [9.17, 15) is 18.4 Å². The number of carboxylic acid groups (broad SMARTS) is 1. The van der Waals surface area contributed by atoms with Crippen molar-refractivity contribution in [1.29, 1.82) is 0 Å². The molecule has 8 heteroatoms. The quantitative estimate of drug-likeness (QED) is 0.748. The summed E-state index contributed by atoms with van der Waals surface area (Å²) in [6.45, 7) is 2.17. The fraction of sp³-hybridized carbons (Fsp3) is 0.385. The van der Waals surface area contributed by atoms with Crippen LogP contribution in [0.15, 0.2) is 12.1 Å². The molecule has 0 atom stereocenters. The van der Waals surface area contributed by atoms with Crippen molar-refractivity contribution in [2.45, 2.75) is 13.3 Å². The minimum absolute atomic E-state index is 0.102. The van der Waals surface area contributed by atoms with Gasteiger partial charge in [0.1, 0.15) is 0 Å². The van der Waals surface area contributed by atoms with Gasteiger partial charge in [0, 0.05) is 25.8 Å². The van der Waals surface area contributed by atoms with Gasteiger partial charge in [-0.15, -0.1) is 0 Å². The summed E-state index contributed by atoms with van der Waals surface area (Å²) < 4.78 is 26.3. The first-order chi connectivity index (χ1) is 9.90. The van der Waals surface area contributed by atoms with Crippen LogP contribution in [-0.2, 0) is 0 Å². The Balaban J connectivity index is 2.98. The lowest BCUT2D eigenvalue weighted by Crippen LogP contribution is -2.36. The second-order valence-corrected chi connectivity index (χ2v) is 4.20. The molecule has 116 valence electrons. The minimum atomic E-state index is -1.48. The molecule has 0 saturated heterocycles. The average molecular weight is 302 g/mol. The summed E-state index contributed by atoms with van der Waals surface area (Å²) in [5.41, 5.74) is -0.866. The second kappa shape index (κ2) is 7.53. The SMILES string of the molecule is CCN(CCCO)C(=O)Nc1cc(F)c(F)cc1C(=O)O. The van der Waals surface area contributed by atoms with Crippen LogP contribution < -0.4 is 5.32 Å². The van der Waals surface area contributed by atoms with Crippen molar-refractivity contribution in [2.24, 2.45) is 0 Å². The smallest absolute Gasteiger partial charge is 0.337 e. The molecule has 1 aromatic rings. The van der Waals surface area contributed by atoms with Crippen molar-refractivity contribution in [3.63, 3.8) is 0 Å². The number of anilines is 1. The molecule has 0 saturated carbocycles. The number of rotatable bonds is 6. The van der Waals surface area contributed by atoms with Gasteiger partial charge in [-0.1, -0.05) is 0 Å². The number of halogens is 2. The van der Waals surface area contributed by atoms with Gasteiger partial charge < -0.3 is 20.4 Å². The maximum absolute atomic E-state index is 13.2. The number of hydrogen-bond acceptors (Lipinski definition) is 3. The van der Waals surface area contributed by atoms with E-state index in [-0.39, 0.29) is 18.8 Å². The van der Waals surface area contributed by atoms with Gasteiger partial charge in [-0.2, -0.15) is 0 Å². The van der Waals surface area contributed by atoms with Gasteiger partial charge >= 0.3 is 12.0 Å². The van der Waals surface area contributed by atoms with E-state index in [1.165, 1.54) is 4.90 Å². The molecule has 1 aromatic carbocycles. The molecular weight excluding hydrogens is 286 g/mol. The van der Waals surface area contributed by atoms with E-state index in [1.807, 2.05) is 0 Å². The van der Waals surface area contributed by atoms with E-state index in [2.05, 4.69) is 5.32 Å². The lowest BCUT2D eigenvalue weighted by molar-refractivity contribution is 0.0697. The van der Waals surface area contributed by atoms with Gasteiger partial charge in [0.05, 0.1) is 11.3 Å². The lowest BCUT2D eigenvalue weighted by atomic mass is 10.1. The highest BCUT2D eigenvalue weighted by Crippen LogP contribution is 2.20. The molecule has 3 N–H and O–H groups in total. The van der Waals surface area contributed by atoms with Crippen LogP contribution in [0.1, 0.15) is 23.7 Å². The van der Waals surface area contributed by atoms with Gasteiger partial charge in [0.25, 0.3) is 0 Å². The van der Waals surface area contributed by atoms with Crippen LogP contribution in [-0.4, -0.2) is 46.8 Å². The van der Waals surface area contributed by atoms with E-state index >= 15 is 0 Å². The first-order valence-electron chi connectivity index (χ1n) is 6.29. The number of benzene rings is 1. The molecule has 0 heterocycles. The fourth-order valence-corrected chi connectivity index (χ4v) is 1.69. The van der Waals surface area contributed by atoms with Gasteiger partial charge in [0.15, 0.2) is 11.6 Å². The summed E-state index contributed by atoms with van der Waals surface area (Å²) >= 11 is 0. The predicted molar refractivity (Wildman–Crippen MR) is 71.3 cm³/mol. The Hall–Kier alpha value is -2.22. The van der Waals surface area contributed by atoms with Crippen molar-refractivity contribution in [3.8, 4) is 0 Å². The molecular formula is C13H16F2N2O4. The van der Waals surface area contributed by atoms with Crippen molar-refractivity contribution >= 4 is 17.7 Å². The molecule has 0 spiro atoms. The average Bonchev–Trinajstić information content (AvgIpc) is 2.43. The number of nitrogens with zero attached hydrogens (tertiary/aromatic N) is 1. The Bertz CT molecular complexity index is 537. The number of amides is 2. The van der Waals surface area contributed by atoms with E-state index in [0.29, 0.717) is 25.1 Å². The molecule has 0 bridgehead atoms. The van der Waals surface area contributed by atoms with Crippen LogP contribution in [0.25, 0.3) is 0 Å². The number of aliphatic hydroxyl groups is 1. The zero-order chi connectivity index (χ0) is 16.0. The molecule has 0 fully saturated rings. The van der Waals surface area contributed by atoms with E-state index < -0.39 is 29.2 Å². The summed E-state index contributed by atoms with van der Waals surface area (Å²) in [5, 5.41) is 19.9. The van der Waals surface area contributed by atoms with Crippen molar-refractivity contribution < 1.29 is 28.6 Å². The minimum Gasteiger partial charge on any atom is -0.478 e. The zero-order valence-corrected chi connectivity index (χ0v) is 11.4. The van der Waals surface area contributed by atoms with Crippen LogP contribution in [0.2, 0.25) is 0 Å². The Morgan fingerprint density at radius 3 is 2.43 bits per heavy atom. The first kappa shape index (κ1) is 16.8. The second-order valence-electron chi connectivity index (χ2n) is 4.20. The molecule has 2 amide bonds. The van der Waals surface area contributed by atoms with Crippen LogP contribution >= 0.6 is 0 Å². The number of nitrogens with one attached hydrogen (secondary N) is 1. The molecule has 0 aromatic heterocycles. The lowest BCUT2D eigenvalue weighted by Gasteiger charge is -2.21. The summed E-state index contributed by atoms with van der Waals surface area (Å²) in [6.07, 6.45) is 0.352. The van der Waals surface area contributed by atoms with E-state index in [0.717, 1.165) is 0 Å². The van der Waals surface area contributed by atoms with E-state index in [1.54, 1.807) is 6.92 Å². The highest BCUT2D eigenvalue weighted by atomic mass is 19.2. The topological polar surface area (TPSA) is 89.9 Å². The Kier molecular flexibility index (Phi) is 6.04. The molecule has 0 aliphatic rings. The summed E-state index contributed by atoms with van der Waals surface area (Å²) in [5.74, 6) is -4.05. The maximum Gasteiger partial charge on any atom is 0.337 e.